The quantitative estimate of drug-likeness (QED) is 0.931. The second-order valence-corrected chi connectivity index (χ2v) is 5.64. The number of likely N-dealkylation sites (tertiary alicyclic amines) is 1. The van der Waals surface area contributed by atoms with Crippen LogP contribution in [0.2, 0.25) is 0 Å². The first-order valence-corrected chi connectivity index (χ1v) is 7.23. The molecule has 1 fully saturated rings. The molecule has 3 rings (SSSR count). The molecule has 0 atom stereocenters. The predicted octanol–water partition coefficient (Wildman–Crippen LogP) is 1.76. The van der Waals surface area contributed by atoms with Crippen LogP contribution in [0.3, 0.4) is 0 Å². The van der Waals surface area contributed by atoms with Gasteiger partial charge in [-0.1, -0.05) is 0 Å². The first-order valence-electron chi connectivity index (χ1n) is 7.23. The van der Waals surface area contributed by atoms with E-state index < -0.39 is 5.97 Å². The van der Waals surface area contributed by atoms with Crippen LogP contribution in [0.25, 0.3) is 0 Å². The van der Waals surface area contributed by atoms with E-state index in [2.05, 4.69) is 10.00 Å². The van der Waals surface area contributed by atoms with Crippen molar-refractivity contribution in [1.29, 1.82) is 0 Å². The standard InChI is InChI=1S/C15H20N4O2/c1-17-10-12(9-16-17)11-18-7-4-13(5-8-18)19-6-2-3-14(19)15(20)21/h2-3,6,9-10,13H,4-5,7-8,11H2,1H3,(H,20,21). The van der Waals surface area contributed by atoms with E-state index in [1.165, 1.54) is 5.56 Å². The van der Waals surface area contributed by atoms with Gasteiger partial charge in [0.25, 0.3) is 0 Å². The van der Waals surface area contributed by atoms with E-state index in [1.54, 1.807) is 6.07 Å². The summed E-state index contributed by atoms with van der Waals surface area (Å²) in [6, 6.07) is 3.77. The molecule has 1 saturated heterocycles. The van der Waals surface area contributed by atoms with Gasteiger partial charge in [0.2, 0.25) is 0 Å². The third kappa shape index (κ3) is 3.00. The predicted molar refractivity (Wildman–Crippen MR) is 78.1 cm³/mol. The van der Waals surface area contributed by atoms with Crippen LogP contribution in [0.1, 0.15) is 34.9 Å². The Morgan fingerprint density at radius 1 is 1.43 bits per heavy atom. The van der Waals surface area contributed by atoms with Gasteiger partial charge in [0.15, 0.2) is 0 Å². The number of hydrogen-bond donors (Lipinski definition) is 1. The third-order valence-corrected chi connectivity index (χ3v) is 4.11. The van der Waals surface area contributed by atoms with Crippen molar-refractivity contribution in [3.63, 3.8) is 0 Å². The summed E-state index contributed by atoms with van der Waals surface area (Å²) < 4.78 is 3.73. The molecule has 0 bridgehead atoms. The molecule has 0 aromatic carbocycles. The van der Waals surface area contributed by atoms with Crippen LogP contribution in [-0.2, 0) is 13.6 Å². The van der Waals surface area contributed by atoms with Gasteiger partial charge in [-0.25, -0.2) is 4.79 Å². The van der Waals surface area contributed by atoms with Crippen LogP contribution in [0.4, 0.5) is 0 Å². The van der Waals surface area contributed by atoms with Crippen LogP contribution in [0, 0.1) is 0 Å². The lowest BCUT2D eigenvalue weighted by molar-refractivity contribution is 0.0678. The van der Waals surface area contributed by atoms with Gasteiger partial charge in [-0.2, -0.15) is 5.10 Å². The molecule has 1 aliphatic rings. The van der Waals surface area contributed by atoms with Gasteiger partial charge in [0.05, 0.1) is 6.20 Å². The lowest BCUT2D eigenvalue weighted by Crippen LogP contribution is -2.34. The zero-order valence-corrected chi connectivity index (χ0v) is 12.1. The van der Waals surface area contributed by atoms with Crippen LogP contribution in [-0.4, -0.2) is 43.4 Å². The molecule has 1 N–H and O–H groups in total. The fraction of sp³-hybridized carbons (Fsp3) is 0.467. The van der Waals surface area contributed by atoms with Crippen LogP contribution in [0.15, 0.2) is 30.7 Å². The summed E-state index contributed by atoms with van der Waals surface area (Å²) in [6.07, 6.45) is 7.79. The van der Waals surface area contributed by atoms with E-state index in [9.17, 15) is 9.90 Å². The number of carboxylic acids is 1. The molecule has 0 saturated carbocycles. The molecule has 0 spiro atoms. The van der Waals surface area contributed by atoms with Gasteiger partial charge in [-0.05, 0) is 25.0 Å². The molecule has 0 amide bonds. The number of aromatic carboxylic acids is 1. The minimum absolute atomic E-state index is 0.288. The van der Waals surface area contributed by atoms with E-state index >= 15 is 0 Å². The van der Waals surface area contributed by atoms with Gasteiger partial charge in [-0.15, -0.1) is 0 Å². The summed E-state index contributed by atoms with van der Waals surface area (Å²) in [5, 5.41) is 13.4. The Balaban J connectivity index is 1.60. The van der Waals surface area contributed by atoms with E-state index in [0.29, 0.717) is 5.69 Å². The van der Waals surface area contributed by atoms with Gasteiger partial charge < -0.3 is 9.67 Å². The lowest BCUT2D eigenvalue weighted by atomic mass is 10.0. The highest BCUT2D eigenvalue weighted by atomic mass is 16.4. The number of rotatable bonds is 4. The Kier molecular flexibility index (Phi) is 3.79. The zero-order chi connectivity index (χ0) is 14.8. The Hall–Kier alpha value is -2.08. The number of carbonyl (C=O) groups is 1. The number of aromatic nitrogens is 3. The highest BCUT2D eigenvalue weighted by Crippen LogP contribution is 2.25. The molecule has 0 radical (unpaired) electrons. The van der Waals surface area contributed by atoms with Crippen molar-refractivity contribution in [3.8, 4) is 0 Å². The van der Waals surface area contributed by atoms with E-state index in [0.717, 1.165) is 32.5 Å². The molecular weight excluding hydrogens is 268 g/mol. The van der Waals surface area contributed by atoms with Crippen molar-refractivity contribution in [3.05, 3.63) is 42.0 Å². The second kappa shape index (κ2) is 5.73. The molecule has 2 aromatic rings. The van der Waals surface area contributed by atoms with Crippen molar-refractivity contribution >= 4 is 5.97 Å². The Bertz CT molecular complexity index is 623. The van der Waals surface area contributed by atoms with Crippen molar-refractivity contribution in [2.75, 3.05) is 13.1 Å². The summed E-state index contributed by atoms with van der Waals surface area (Å²) in [7, 11) is 1.93. The Morgan fingerprint density at radius 2 is 2.19 bits per heavy atom. The molecular formula is C15H20N4O2. The number of hydrogen-bond acceptors (Lipinski definition) is 3. The summed E-state index contributed by atoms with van der Waals surface area (Å²) in [6.45, 7) is 2.88. The van der Waals surface area contributed by atoms with Crippen molar-refractivity contribution in [2.45, 2.75) is 25.4 Å². The molecule has 6 heteroatoms. The van der Waals surface area contributed by atoms with E-state index in [-0.39, 0.29) is 6.04 Å². The van der Waals surface area contributed by atoms with Crippen LogP contribution in [0.5, 0.6) is 0 Å². The average Bonchev–Trinajstić information content (AvgIpc) is 3.09. The number of nitrogens with zero attached hydrogens (tertiary/aromatic N) is 4. The van der Waals surface area contributed by atoms with E-state index in [4.69, 9.17) is 0 Å². The molecule has 6 nitrogen and oxygen atoms in total. The molecule has 2 aromatic heterocycles. The number of aryl methyl sites for hydroxylation is 1. The minimum Gasteiger partial charge on any atom is -0.477 e. The van der Waals surface area contributed by atoms with Gasteiger partial charge in [-0.3, -0.25) is 9.58 Å². The fourth-order valence-electron chi connectivity index (χ4n) is 3.06. The Labute approximate surface area is 123 Å². The SMILES string of the molecule is Cn1cc(CN2CCC(n3cccc3C(=O)O)CC2)cn1. The minimum atomic E-state index is -0.849. The summed E-state index contributed by atoms with van der Waals surface area (Å²) in [5.41, 5.74) is 1.61. The Morgan fingerprint density at radius 3 is 2.81 bits per heavy atom. The summed E-state index contributed by atoms with van der Waals surface area (Å²) in [5.74, 6) is -0.849. The van der Waals surface area contributed by atoms with E-state index in [1.807, 2.05) is 41.0 Å². The summed E-state index contributed by atoms with van der Waals surface area (Å²) >= 11 is 0. The van der Waals surface area contributed by atoms with Gasteiger partial charge >= 0.3 is 5.97 Å². The maximum absolute atomic E-state index is 11.2. The van der Waals surface area contributed by atoms with Crippen LogP contribution < -0.4 is 0 Å². The largest absolute Gasteiger partial charge is 0.477 e. The topological polar surface area (TPSA) is 63.3 Å². The lowest BCUT2D eigenvalue weighted by Gasteiger charge is -2.33. The monoisotopic (exact) mass is 288 g/mol. The van der Waals surface area contributed by atoms with Crippen molar-refractivity contribution in [1.82, 2.24) is 19.2 Å². The van der Waals surface area contributed by atoms with Crippen molar-refractivity contribution in [2.24, 2.45) is 7.05 Å². The highest BCUT2D eigenvalue weighted by Gasteiger charge is 2.23. The second-order valence-electron chi connectivity index (χ2n) is 5.64. The zero-order valence-electron chi connectivity index (χ0n) is 12.1. The fourth-order valence-corrected chi connectivity index (χ4v) is 3.06. The first-order chi connectivity index (χ1) is 10.1. The smallest absolute Gasteiger partial charge is 0.352 e. The molecule has 0 unspecified atom stereocenters. The highest BCUT2D eigenvalue weighted by molar-refractivity contribution is 5.85. The molecule has 112 valence electrons. The molecule has 21 heavy (non-hydrogen) atoms. The average molecular weight is 288 g/mol. The molecule has 1 aliphatic heterocycles. The normalized spacial score (nSPS) is 17.2. The number of piperidine rings is 1. The maximum Gasteiger partial charge on any atom is 0.352 e. The van der Waals surface area contributed by atoms with Gasteiger partial charge in [0.1, 0.15) is 5.69 Å². The first kappa shape index (κ1) is 13.9. The maximum atomic E-state index is 11.2. The van der Waals surface area contributed by atoms with Gasteiger partial charge in [0, 0.05) is 50.7 Å². The third-order valence-electron chi connectivity index (χ3n) is 4.11. The number of carboxylic acid groups (broad SMARTS) is 1. The van der Waals surface area contributed by atoms with Crippen molar-refractivity contribution < 1.29 is 9.90 Å². The molecule has 3 heterocycles. The molecule has 0 aliphatic carbocycles. The summed E-state index contributed by atoms with van der Waals surface area (Å²) in [4.78, 5) is 13.6. The van der Waals surface area contributed by atoms with Crippen LogP contribution >= 0.6 is 0 Å².